The van der Waals surface area contributed by atoms with Crippen molar-refractivity contribution in [3.63, 3.8) is 0 Å². The molecule has 1 heterocycles. The first-order valence-electron chi connectivity index (χ1n) is 7.65. The van der Waals surface area contributed by atoms with Crippen LogP contribution >= 0.6 is 12.2 Å². The van der Waals surface area contributed by atoms with Crippen molar-refractivity contribution in [2.24, 2.45) is 0 Å². The Balaban J connectivity index is 2.30. The Bertz CT molecular complexity index is 302. The minimum absolute atomic E-state index is 0.143. The zero-order chi connectivity index (χ0) is 15.2. The summed E-state index contributed by atoms with van der Waals surface area (Å²) >= 11 is 5.38. The zero-order valence-electron chi connectivity index (χ0n) is 13.6. The molecule has 0 spiro atoms. The molecule has 1 saturated heterocycles. The molecule has 0 bridgehead atoms. The van der Waals surface area contributed by atoms with Gasteiger partial charge in [-0.05, 0) is 66.1 Å². The largest absolute Gasteiger partial charge is 0.382 e. The number of rotatable bonds is 6. The van der Waals surface area contributed by atoms with E-state index in [4.69, 9.17) is 17.0 Å². The average molecular weight is 302 g/mol. The second-order valence-electron chi connectivity index (χ2n) is 6.95. The topological polar surface area (TPSA) is 45.3 Å². The molecular formula is C15H31N3OS. The number of hydrogen-bond donors (Lipinski definition) is 3. The van der Waals surface area contributed by atoms with E-state index in [2.05, 4.69) is 43.6 Å². The van der Waals surface area contributed by atoms with Gasteiger partial charge < -0.3 is 20.7 Å². The lowest BCUT2D eigenvalue weighted by Gasteiger charge is -2.46. The summed E-state index contributed by atoms with van der Waals surface area (Å²) in [5.74, 6) is 0. The number of ether oxygens (including phenoxy) is 1. The van der Waals surface area contributed by atoms with Crippen LogP contribution in [0.2, 0.25) is 0 Å². The molecule has 0 aliphatic carbocycles. The van der Waals surface area contributed by atoms with E-state index in [1.54, 1.807) is 0 Å². The SMILES string of the molecule is CCOCCCNC(=S)NC1CC(C)(C)NC(C)(C)C1. The summed E-state index contributed by atoms with van der Waals surface area (Å²) in [6, 6.07) is 0.424. The minimum Gasteiger partial charge on any atom is -0.382 e. The summed E-state index contributed by atoms with van der Waals surface area (Å²) in [5, 5.41) is 11.2. The molecule has 5 heteroatoms. The first-order valence-corrected chi connectivity index (χ1v) is 8.06. The number of nitrogens with one attached hydrogen (secondary N) is 3. The maximum atomic E-state index is 5.38. The van der Waals surface area contributed by atoms with Crippen LogP contribution in [0.25, 0.3) is 0 Å². The van der Waals surface area contributed by atoms with Gasteiger partial charge in [-0.15, -0.1) is 0 Å². The quantitative estimate of drug-likeness (QED) is 0.518. The number of hydrogen-bond acceptors (Lipinski definition) is 3. The Hall–Kier alpha value is -0.390. The second-order valence-corrected chi connectivity index (χ2v) is 7.36. The van der Waals surface area contributed by atoms with Crippen molar-refractivity contribution in [3.8, 4) is 0 Å². The normalized spacial score (nSPS) is 21.4. The average Bonchev–Trinajstić information content (AvgIpc) is 2.24. The van der Waals surface area contributed by atoms with Crippen LogP contribution in [-0.4, -0.2) is 42.0 Å². The van der Waals surface area contributed by atoms with Crippen LogP contribution in [-0.2, 0) is 4.74 Å². The molecule has 20 heavy (non-hydrogen) atoms. The van der Waals surface area contributed by atoms with E-state index < -0.39 is 0 Å². The molecule has 0 aromatic heterocycles. The van der Waals surface area contributed by atoms with Gasteiger partial charge in [0.1, 0.15) is 0 Å². The molecule has 1 aliphatic rings. The van der Waals surface area contributed by atoms with E-state index in [0.29, 0.717) is 6.04 Å². The monoisotopic (exact) mass is 301 g/mol. The fourth-order valence-corrected chi connectivity index (χ4v) is 3.45. The fraction of sp³-hybridized carbons (Fsp3) is 0.933. The van der Waals surface area contributed by atoms with Crippen LogP contribution in [0, 0.1) is 0 Å². The van der Waals surface area contributed by atoms with Gasteiger partial charge in [0.05, 0.1) is 0 Å². The highest BCUT2D eigenvalue weighted by Crippen LogP contribution is 2.28. The van der Waals surface area contributed by atoms with Crippen molar-refractivity contribution in [3.05, 3.63) is 0 Å². The van der Waals surface area contributed by atoms with Gasteiger partial charge in [0.2, 0.25) is 0 Å². The van der Waals surface area contributed by atoms with Crippen molar-refractivity contribution in [2.45, 2.75) is 71.0 Å². The Kier molecular flexibility index (Phi) is 6.69. The van der Waals surface area contributed by atoms with Crippen LogP contribution in [0.15, 0.2) is 0 Å². The standard InChI is InChI=1S/C15H31N3OS/c1-6-19-9-7-8-16-13(20)17-12-10-14(2,3)18-15(4,5)11-12/h12,18H,6-11H2,1-5H3,(H2,16,17,20). The smallest absolute Gasteiger partial charge is 0.166 e. The Morgan fingerprint density at radius 3 is 2.40 bits per heavy atom. The third-order valence-corrected chi connectivity index (χ3v) is 3.74. The molecule has 1 fully saturated rings. The summed E-state index contributed by atoms with van der Waals surface area (Å²) in [6.45, 7) is 13.5. The third-order valence-electron chi connectivity index (χ3n) is 3.48. The van der Waals surface area contributed by atoms with Gasteiger partial charge in [0.25, 0.3) is 0 Å². The van der Waals surface area contributed by atoms with Crippen LogP contribution in [0.1, 0.15) is 53.9 Å². The molecular weight excluding hydrogens is 270 g/mol. The summed E-state index contributed by atoms with van der Waals surface area (Å²) in [4.78, 5) is 0. The molecule has 1 aliphatic heterocycles. The molecule has 4 nitrogen and oxygen atoms in total. The van der Waals surface area contributed by atoms with E-state index in [1.165, 1.54) is 0 Å². The van der Waals surface area contributed by atoms with Crippen molar-refractivity contribution in [1.29, 1.82) is 0 Å². The maximum absolute atomic E-state index is 5.38. The Morgan fingerprint density at radius 2 is 1.85 bits per heavy atom. The molecule has 0 aromatic carbocycles. The van der Waals surface area contributed by atoms with Crippen molar-refractivity contribution in [1.82, 2.24) is 16.0 Å². The van der Waals surface area contributed by atoms with Crippen LogP contribution in [0.3, 0.4) is 0 Å². The van der Waals surface area contributed by atoms with Crippen molar-refractivity contribution >= 4 is 17.3 Å². The molecule has 118 valence electrons. The van der Waals surface area contributed by atoms with E-state index in [9.17, 15) is 0 Å². The molecule has 0 radical (unpaired) electrons. The van der Waals surface area contributed by atoms with Crippen LogP contribution in [0.5, 0.6) is 0 Å². The molecule has 1 rings (SSSR count). The summed E-state index contributed by atoms with van der Waals surface area (Å²) in [7, 11) is 0. The number of thiocarbonyl (C=S) groups is 1. The maximum Gasteiger partial charge on any atom is 0.166 e. The van der Waals surface area contributed by atoms with E-state index in [0.717, 1.165) is 44.1 Å². The highest BCUT2D eigenvalue weighted by molar-refractivity contribution is 7.80. The highest BCUT2D eigenvalue weighted by Gasteiger charge is 2.37. The van der Waals surface area contributed by atoms with Crippen LogP contribution in [0.4, 0.5) is 0 Å². The summed E-state index contributed by atoms with van der Waals surface area (Å²) in [5.41, 5.74) is 0.286. The van der Waals surface area contributed by atoms with E-state index in [-0.39, 0.29) is 11.1 Å². The summed E-state index contributed by atoms with van der Waals surface area (Å²) < 4.78 is 5.31. The van der Waals surface area contributed by atoms with Gasteiger partial charge in [-0.1, -0.05) is 0 Å². The molecule has 3 N–H and O–H groups in total. The van der Waals surface area contributed by atoms with Gasteiger partial charge in [-0.25, -0.2) is 0 Å². The number of piperidine rings is 1. The predicted octanol–water partition coefficient (Wildman–Crippen LogP) is 2.19. The van der Waals surface area contributed by atoms with Gasteiger partial charge >= 0.3 is 0 Å². The van der Waals surface area contributed by atoms with Gasteiger partial charge in [-0.2, -0.15) is 0 Å². The predicted molar refractivity (Wildman–Crippen MR) is 89.2 cm³/mol. The molecule has 0 atom stereocenters. The van der Waals surface area contributed by atoms with Gasteiger partial charge in [0, 0.05) is 36.9 Å². The lowest BCUT2D eigenvalue weighted by molar-refractivity contribution is 0.145. The first kappa shape index (κ1) is 17.7. The lowest BCUT2D eigenvalue weighted by atomic mass is 9.80. The van der Waals surface area contributed by atoms with Crippen LogP contribution < -0.4 is 16.0 Å². The third kappa shape index (κ3) is 6.86. The fourth-order valence-electron chi connectivity index (χ4n) is 3.18. The second kappa shape index (κ2) is 7.57. The minimum atomic E-state index is 0.143. The Labute approximate surface area is 129 Å². The molecule has 0 amide bonds. The van der Waals surface area contributed by atoms with Crippen molar-refractivity contribution in [2.75, 3.05) is 19.8 Å². The highest BCUT2D eigenvalue weighted by atomic mass is 32.1. The lowest BCUT2D eigenvalue weighted by Crippen LogP contribution is -2.62. The molecule has 0 aromatic rings. The van der Waals surface area contributed by atoms with E-state index in [1.807, 2.05) is 6.92 Å². The first-order chi connectivity index (χ1) is 9.24. The Morgan fingerprint density at radius 1 is 1.25 bits per heavy atom. The van der Waals surface area contributed by atoms with Crippen molar-refractivity contribution < 1.29 is 4.74 Å². The van der Waals surface area contributed by atoms with Gasteiger partial charge in [-0.3, -0.25) is 0 Å². The van der Waals surface area contributed by atoms with Gasteiger partial charge in [0.15, 0.2) is 5.11 Å². The summed E-state index contributed by atoms with van der Waals surface area (Å²) in [6.07, 6.45) is 3.15. The molecule has 0 saturated carbocycles. The van der Waals surface area contributed by atoms with E-state index >= 15 is 0 Å². The molecule has 0 unspecified atom stereocenters. The zero-order valence-corrected chi connectivity index (χ0v) is 14.5.